The van der Waals surface area contributed by atoms with Crippen molar-refractivity contribution in [3.63, 3.8) is 0 Å². The molecule has 4 rings (SSSR count). The van der Waals surface area contributed by atoms with E-state index in [-0.39, 0.29) is 24.6 Å². The van der Waals surface area contributed by atoms with Crippen molar-refractivity contribution in [3.8, 4) is 16.9 Å². The van der Waals surface area contributed by atoms with E-state index in [1.807, 2.05) is 68.4 Å². The fourth-order valence-electron chi connectivity index (χ4n) is 5.37. The summed E-state index contributed by atoms with van der Waals surface area (Å²) in [5.41, 5.74) is 5.09. The number of esters is 1. The molecule has 2 unspecified atom stereocenters. The summed E-state index contributed by atoms with van der Waals surface area (Å²) in [6.45, 7) is 4.84. The van der Waals surface area contributed by atoms with Crippen molar-refractivity contribution >= 4 is 16.0 Å². The summed E-state index contributed by atoms with van der Waals surface area (Å²) in [7, 11) is 0.772. The average molecular weight is 573 g/mol. The van der Waals surface area contributed by atoms with Crippen molar-refractivity contribution in [1.29, 1.82) is 0 Å². The Bertz CT molecular complexity index is 1360. The minimum Gasteiger partial charge on any atom is -0.497 e. The van der Waals surface area contributed by atoms with Gasteiger partial charge in [-0.1, -0.05) is 71.8 Å². The fourth-order valence-corrected chi connectivity index (χ4v) is 5.91. The number of methoxy groups -OCH3 is 1. The highest BCUT2D eigenvalue weighted by Gasteiger charge is 2.39. The van der Waals surface area contributed by atoms with Gasteiger partial charge in [-0.3, -0.25) is 4.79 Å². The Labute approximate surface area is 248 Å². The number of hydrogen-bond acceptors (Lipinski definition) is 4. The van der Waals surface area contributed by atoms with Crippen LogP contribution in [0.15, 0.2) is 72.8 Å². The third-order valence-electron chi connectivity index (χ3n) is 7.75. The van der Waals surface area contributed by atoms with Gasteiger partial charge in [0, 0.05) is 12.3 Å². The van der Waals surface area contributed by atoms with Gasteiger partial charge in [-0.2, -0.15) is 10.0 Å². The lowest BCUT2D eigenvalue weighted by molar-refractivity contribution is -0.156. The molecule has 0 saturated heterocycles. The molecule has 4 nitrogen and oxygen atoms in total. The lowest BCUT2D eigenvalue weighted by Crippen LogP contribution is -2.33. The van der Waals surface area contributed by atoms with Crippen molar-refractivity contribution in [2.75, 3.05) is 25.9 Å². The first-order valence-corrected chi connectivity index (χ1v) is 17.2. The maximum Gasteiger partial charge on any atom is 0.312 e. The molecule has 5 heteroatoms. The number of ether oxygens (including phenoxy) is 3. The monoisotopic (exact) mass is 572 g/mol. The Hall–Kier alpha value is -3.20. The van der Waals surface area contributed by atoms with Crippen LogP contribution in [0.2, 0.25) is 0 Å². The van der Waals surface area contributed by atoms with E-state index in [0.717, 1.165) is 48.1 Å². The summed E-state index contributed by atoms with van der Waals surface area (Å²) >= 11 is 0. The van der Waals surface area contributed by atoms with Gasteiger partial charge in [0.1, 0.15) is 12.4 Å². The first-order valence-electron chi connectivity index (χ1n) is 14.3. The topological polar surface area (TPSA) is 44.8 Å². The van der Waals surface area contributed by atoms with E-state index in [1.54, 1.807) is 7.11 Å². The second-order valence-electron chi connectivity index (χ2n) is 12.1. The number of fused-ring (bicyclic) bond motifs is 1. The van der Waals surface area contributed by atoms with Gasteiger partial charge in [0.2, 0.25) is 0 Å². The van der Waals surface area contributed by atoms with Crippen LogP contribution in [0.3, 0.4) is 0 Å². The van der Waals surface area contributed by atoms with E-state index < -0.39 is 15.4 Å². The molecule has 3 aromatic rings. The summed E-state index contributed by atoms with van der Waals surface area (Å²) in [6, 6.07) is 24.6. The normalized spacial score (nSPS) is 15.8. The highest BCUT2D eigenvalue weighted by atomic mass is 32.3. The molecule has 0 N–H and O–H groups in total. The SMILES string of the molecule is COc1ccc(COC2CCc3ccc(C(CCC#CS(C)(C)C)C(C)(C)C(=O)OCc4ccccc4)cc32)cc1. The van der Waals surface area contributed by atoms with Crippen LogP contribution in [0.5, 0.6) is 5.75 Å². The third-order valence-corrected chi connectivity index (χ3v) is 8.51. The second kappa shape index (κ2) is 13.6. The number of carbonyl (C=O) groups is 1. The quantitative estimate of drug-likeness (QED) is 0.172. The van der Waals surface area contributed by atoms with Crippen molar-refractivity contribution in [1.82, 2.24) is 0 Å². The van der Waals surface area contributed by atoms with Gasteiger partial charge in [0.15, 0.2) is 0 Å². The molecule has 0 spiro atoms. The number of hydrogen-bond donors (Lipinski definition) is 0. The smallest absolute Gasteiger partial charge is 0.312 e. The Morgan fingerprint density at radius 2 is 1.68 bits per heavy atom. The first kappa shape index (κ1) is 30.8. The Kier molecular flexibility index (Phi) is 10.2. The molecule has 1 aliphatic carbocycles. The molecule has 218 valence electrons. The lowest BCUT2D eigenvalue weighted by Gasteiger charge is -2.33. The molecule has 2 atom stereocenters. The van der Waals surface area contributed by atoms with Crippen LogP contribution in [0.4, 0.5) is 0 Å². The number of rotatable bonds is 11. The summed E-state index contributed by atoms with van der Waals surface area (Å²) in [5.74, 6) is 4.02. The van der Waals surface area contributed by atoms with Crippen LogP contribution in [0.25, 0.3) is 0 Å². The predicted molar refractivity (Wildman–Crippen MR) is 170 cm³/mol. The van der Waals surface area contributed by atoms with Crippen LogP contribution < -0.4 is 4.74 Å². The van der Waals surface area contributed by atoms with Gasteiger partial charge in [0.25, 0.3) is 0 Å². The molecule has 0 radical (unpaired) electrons. The fraction of sp³-hybridized carbons (Fsp3) is 0.417. The molecule has 1 aliphatic rings. The van der Waals surface area contributed by atoms with Crippen LogP contribution in [0, 0.1) is 16.6 Å². The van der Waals surface area contributed by atoms with Crippen molar-refractivity contribution < 1.29 is 19.0 Å². The zero-order valence-electron chi connectivity index (χ0n) is 25.4. The second-order valence-corrected chi connectivity index (χ2v) is 16.0. The van der Waals surface area contributed by atoms with Gasteiger partial charge < -0.3 is 14.2 Å². The highest BCUT2D eigenvalue weighted by molar-refractivity contribution is 8.35. The molecule has 0 fully saturated rings. The zero-order valence-corrected chi connectivity index (χ0v) is 26.2. The van der Waals surface area contributed by atoms with Crippen molar-refractivity contribution in [3.05, 3.63) is 101 Å². The van der Waals surface area contributed by atoms with Gasteiger partial charge >= 0.3 is 5.97 Å². The maximum atomic E-state index is 13.6. The van der Waals surface area contributed by atoms with Gasteiger partial charge in [0.05, 0.1) is 25.2 Å². The van der Waals surface area contributed by atoms with Gasteiger partial charge in [-0.15, -0.1) is 0 Å². The van der Waals surface area contributed by atoms with Gasteiger partial charge in [-0.05, 0) is 91.8 Å². The molecule has 0 saturated carbocycles. The number of carbonyl (C=O) groups excluding carboxylic acids is 1. The summed E-state index contributed by atoms with van der Waals surface area (Å²) < 4.78 is 17.6. The summed E-state index contributed by atoms with van der Waals surface area (Å²) in [6.07, 6.45) is 10.1. The maximum absolute atomic E-state index is 13.6. The third kappa shape index (κ3) is 8.41. The van der Waals surface area contributed by atoms with Gasteiger partial charge in [-0.25, -0.2) is 0 Å². The molecule has 0 bridgehead atoms. The Morgan fingerprint density at radius 1 is 0.976 bits per heavy atom. The van der Waals surface area contributed by atoms with Crippen molar-refractivity contribution in [2.24, 2.45) is 5.41 Å². The van der Waals surface area contributed by atoms with Crippen LogP contribution in [-0.4, -0.2) is 31.8 Å². The number of benzene rings is 3. The van der Waals surface area contributed by atoms with E-state index in [0.29, 0.717) is 6.61 Å². The zero-order chi connectivity index (χ0) is 29.5. The summed E-state index contributed by atoms with van der Waals surface area (Å²) in [4.78, 5) is 13.6. The molecule has 0 amide bonds. The molecule has 3 aromatic carbocycles. The van der Waals surface area contributed by atoms with E-state index in [1.165, 1.54) is 11.1 Å². The minimum absolute atomic E-state index is 0.0325. The molecule has 41 heavy (non-hydrogen) atoms. The van der Waals surface area contributed by atoms with E-state index >= 15 is 0 Å². The first-order chi connectivity index (χ1) is 19.6. The molecular formula is C36H44O4S. The molecule has 0 aliphatic heterocycles. The van der Waals surface area contributed by atoms with E-state index in [9.17, 15) is 4.79 Å². The standard InChI is InChI=1S/C36H44O4S/c1-36(2,35(37)40-26-27-12-8-7-9-13-27)33(14-10-11-23-41(4,5)6)30-18-17-29-19-22-34(32(29)24-30)39-25-28-15-20-31(38-3)21-16-28/h7-9,12-13,15-18,20-21,24,33-34H,10,14,19,22,25-26H2,1-6H3. The van der Waals surface area contributed by atoms with E-state index in [2.05, 4.69) is 48.1 Å². The van der Waals surface area contributed by atoms with Crippen LogP contribution in [-0.2, 0) is 33.9 Å². The van der Waals surface area contributed by atoms with Crippen LogP contribution in [0.1, 0.15) is 72.9 Å². The lowest BCUT2D eigenvalue weighted by atomic mass is 9.72. The van der Waals surface area contributed by atoms with Crippen LogP contribution >= 0.6 is 10.0 Å². The molecular weight excluding hydrogens is 528 g/mol. The molecule has 0 heterocycles. The Morgan fingerprint density at radius 3 is 2.37 bits per heavy atom. The number of aryl methyl sites for hydroxylation is 1. The minimum atomic E-state index is -0.903. The Balaban J connectivity index is 1.54. The highest BCUT2D eigenvalue weighted by Crippen LogP contribution is 2.44. The average Bonchev–Trinajstić information content (AvgIpc) is 3.37. The largest absolute Gasteiger partial charge is 0.497 e. The van der Waals surface area contributed by atoms with E-state index in [4.69, 9.17) is 14.2 Å². The predicted octanol–water partition coefficient (Wildman–Crippen LogP) is 8.19. The van der Waals surface area contributed by atoms with Crippen molar-refractivity contribution in [2.45, 2.75) is 64.8 Å². The molecule has 0 aromatic heterocycles. The summed E-state index contributed by atoms with van der Waals surface area (Å²) in [5, 5.41) is 3.43.